The van der Waals surface area contributed by atoms with Crippen LogP contribution in [0.5, 0.6) is 0 Å². The molecule has 1 saturated heterocycles. The molecule has 0 bridgehead atoms. The number of nitrogens with two attached hydrogens (primary N) is 1. The van der Waals surface area contributed by atoms with E-state index in [1.807, 2.05) is 0 Å². The summed E-state index contributed by atoms with van der Waals surface area (Å²) in [6.45, 7) is 0.784. The topological polar surface area (TPSA) is 151 Å². The smallest absolute Gasteiger partial charge is 0.307 e. The molecular formula is C26H33F2N5O6S. The van der Waals surface area contributed by atoms with Gasteiger partial charge in [0.1, 0.15) is 0 Å². The van der Waals surface area contributed by atoms with Gasteiger partial charge in [0.05, 0.1) is 38.1 Å². The first-order chi connectivity index (χ1) is 18.8. The van der Waals surface area contributed by atoms with Gasteiger partial charge >= 0.3 is 5.97 Å². The lowest BCUT2D eigenvalue weighted by Gasteiger charge is -2.41. The predicted molar refractivity (Wildman–Crippen MR) is 145 cm³/mol. The van der Waals surface area contributed by atoms with Gasteiger partial charge in [0.15, 0.2) is 11.6 Å². The largest absolute Gasteiger partial charge is 0.469 e. The first-order valence-electron chi connectivity index (χ1n) is 12.5. The normalized spacial score (nSPS) is 16.7. The lowest BCUT2D eigenvalue weighted by atomic mass is 10.0. The molecule has 1 unspecified atom stereocenters. The average molecular weight is 582 g/mol. The van der Waals surface area contributed by atoms with Gasteiger partial charge in [-0.1, -0.05) is 12.1 Å². The monoisotopic (exact) mass is 581 g/mol. The molecule has 14 heteroatoms. The Morgan fingerprint density at radius 3 is 2.50 bits per heavy atom. The van der Waals surface area contributed by atoms with Crippen LogP contribution < -0.4 is 15.8 Å². The van der Waals surface area contributed by atoms with Crippen molar-refractivity contribution in [2.45, 2.75) is 31.3 Å². The molecule has 0 aliphatic carbocycles. The molecule has 0 aromatic heterocycles. The van der Waals surface area contributed by atoms with Crippen LogP contribution in [0.15, 0.2) is 42.5 Å². The summed E-state index contributed by atoms with van der Waals surface area (Å²) < 4.78 is 56.8. The number of methoxy groups -OCH3 is 1. The highest BCUT2D eigenvalue weighted by Gasteiger charge is 2.33. The van der Waals surface area contributed by atoms with Crippen molar-refractivity contribution in [2.75, 3.05) is 49.6 Å². The number of halogens is 2. The van der Waals surface area contributed by atoms with Crippen LogP contribution in [-0.2, 0) is 35.6 Å². The molecule has 0 spiro atoms. The van der Waals surface area contributed by atoms with Crippen LogP contribution in [0, 0.1) is 11.6 Å². The summed E-state index contributed by atoms with van der Waals surface area (Å²) in [5.74, 6) is -3.14. The second-order valence-electron chi connectivity index (χ2n) is 9.68. The van der Waals surface area contributed by atoms with E-state index in [0.717, 1.165) is 18.4 Å². The van der Waals surface area contributed by atoms with E-state index in [2.05, 4.69) is 10.0 Å². The molecule has 40 heavy (non-hydrogen) atoms. The van der Waals surface area contributed by atoms with E-state index in [0.29, 0.717) is 23.5 Å². The van der Waals surface area contributed by atoms with Crippen LogP contribution in [0.1, 0.15) is 18.4 Å². The highest BCUT2D eigenvalue weighted by atomic mass is 32.2. The summed E-state index contributed by atoms with van der Waals surface area (Å²) in [6.07, 6.45) is 1.02. The number of hydrogen-bond donors (Lipinski definition) is 3. The highest BCUT2D eigenvalue weighted by Crippen LogP contribution is 2.19. The molecule has 218 valence electrons. The second kappa shape index (κ2) is 13.6. The Hall–Kier alpha value is -3.62. The van der Waals surface area contributed by atoms with Crippen molar-refractivity contribution in [1.29, 1.82) is 0 Å². The first kappa shape index (κ1) is 30.9. The lowest BCUT2D eigenvalue weighted by molar-refractivity contribution is -0.145. The Morgan fingerprint density at radius 1 is 1.10 bits per heavy atom. The standard InChI is InChI=1S/C26H33F2N5O6S/c1-39-26(36)14-21-15-32(16-24(34)30-19-4-3-5-20(13-19)31-40(2,37)38)8-9-33(21)25(35)12-18(29)10-17-6-7-22(27)23(28)11-17/h3-7,11,13,18,21,31H,8-10,12,14-16,29H2,1-2H3,(H,30,34)/t18-,21?/m1/s1. The number of piperazine rings is 1. The Labute approximate surface area is 231 Å². The van der Waals surface area contributed by atoms with E-state index in [1.165, 1.54) is 24.1 Å². The van der Waals surface area contributed by atoms with E-state index < -0.39 is 39.7 Å². The van der Waals surface area contributed by atoms with Gasteiger partial charge in [-0.25, -0.2) is 17.2 Å². The van der Waals surface area contributed by atoms with Gasteiger partial charge in [0.2, 0.25) is 21.8 Å². The van der Waals surface area contributed by atoms with Crippen LogP contribution in [-0.4, -0.2) is 87.6 Å². The summed E-state index contributed by atoms with van der Waals surface area (Å²) in [5, 5.41) is 2.72. The van der Waals surface area contributed by atoms with Crippen LogP contribution in [0.25, 0.3) is 0 Å². The van der Waals surface area contributed by atoms with Crippen molar-refractivity contribution < 1.29 is 36.3 Å². The van der Waals surface area contributed by atoms with Gasteiger partial charge < -0.3 is 20.7 Å². The Kier molecular flexibility index (Phi) is 10.5. The van der Waals surface area contributed by atoms with Crippen LogP contribution in [0.3, 0.4) is 0 Å². The molecule has 2 aromatic carbocycles. The third-order valence-electron chi connectivity index (χ3n) is 6.25. The molecule has 2 aromatic rings. The number of nitrogens with one attached hydrogen (secondary N) is 2. The number of anilines is 2. The number of sulfonamides is 1. The van der Waals surface area contributed by atoms with Gasteiger partial charge in [0, 0.05) is 37.8 Å². The maximum Gasteiger partial charge on any atom is 0.307 e. The van der Waals surface area contributed by atoms with Gasteiger partial charge in [0.25, 0.3) is 0 Å². The molecule has 0 radical (unpaired) electrons. The fraction of sp³-hybridized carbons (Fsp3) is 0.423. The van der Waals surface area contributed by atoms with Crippen molar-refractivity contribution in [2.24, 2.45) is 5.73 Å². The molecule has 2 atom stereocenters. The number of esters is 1. The molecule has 1 fully saturated rings. The molecule has 2 amide bonds. The molecule has 1 heterocycles. The first-order valence-corrected chi connectivity index (χ1v) is 14.4. The maximum atomic E-state index is 13.5. The Balaban J connectivity index is 1.60. The van der Waals surface area contributed by atoms with E-state index in [1.54, 1.807) is 23.1 Å². The number of benzene rings is 2. The van der Waals surface area contributed by atoms with Gasteiger partial charge in [-0.3, -0.25) is 24.0 Å². The third kappa shape index (κ3) is 9.54. The number of ether oxygens (including phenoxy) is 1. The van der Waals surface area contributed by atoms with Crippen molar-refractivity contribution >= 4 is 39.2 Å². The average Bonchev–Trinajstić information content (AvgIpc) is 2.85. The zero-order valence-corrected chi connectivity index (χ0v) is 23.0. The summed E-state index contributed by atoms with van der Waals surface area (Å²) in [7, 11) is -2.24. The molecular weight excluding hydrogens is 548 g/mol. The van der Waals surface area contributed by atoms with E-state index >= 15 is 0 Å². The van der Waals surface area contributed by atoms with E-state index in [-0.39, 0.29) is 50.7 Å². The summed E-state index contributed by atoms with van der Waals surface area (Å²) in [5.41, 5.74) is 7.28. The quantitative estimate of drug-likeness (QED) is 0.336. The SMILES string of the molecule is COC(=O)CC1CN(CC(=O)Nc2cccc(NS(C)(=O)=O)c2)CCN1C(=O)C[C@H](N)Cc1ccc(F)c(F)c1. The molecule has 1 aliphatic rings. The molecule has 1 aliphatic heterocycles. The Bertz CT molecular complexity index is 1340. The minimum absolute atomic E-state index is 0.0287. The minimum Gasteiger partial charge on any atom is -0.469 e. The van der Waals surface area contributed by atoms with Crippen molar-refractivity contribution in [1.82, 2.24) is 9.80 Å². The summed E-state index contributed by atoms with van der Waals surface area (Å²) >= 11 is 0. The molecule has 11 nitrogen and oxygen atoms in total. The van der Waals surface area contributed by atoms with Crippen LogP contribution in [0.2, 0.25) is 0 Å². The van der Waals surface area contributed by atoms with Crippen molar-refractivity contribution in [3.05, 3.63) is 59.7 Å². The molecule has 4 N–H and O–H groups in total. The number of amides is 2. The number of nitrogens with zero attached hydrogens (tertiary/aromatic N) is 2. The minimum atomic E-state index is -3.48. The maximum absolute atomic E-state index is 13.5. The van der Waals surface area contributed by atoms with Gasteiger partial charge in [-0.2, -0.15) is 0 Å². The summed E-state index contributed by atoms with van der Waals surface area (Å²) in [4.78, 5) is 41.2. The van der Waals surface area contributed by atoms with Crippen molar-refractivity contribution in [3.8, 4) is 0 Å². The number of carbonyl (C=O) groups is 3. The van der Waals surface area contributed by atoms with Crippen LogP contribution in [0.4, 0.5) is 20.2 Å². The molecule has 0 saturated carbocycles. The number of hydrogen-bond acceptors (Lipinski definition) is 8. The van der Waals surface area contributed by atoms with Gasteiger partial charge in [-0.15, -0.1) is 0 Å². The fourth-order valence-electron chi connectivity index (χ4n) is 4.50. The van der Waals surface area contributed by atoms with E-state index in [4.69, 9.17) is 10.5 Å². The molecule has 3 rings (SSSR count). The highest BCUT2D eigenvalue weighted by molar-refractivity contribution is 7.92. The number of carbonyl (C=O) groups excluding carboxylic acids is 3. The predicted octanol–water partition coefficient (Wildman–Crippen LogP) is 1.31. The summed E-state index contributed by atoms with van der Waals surface area (Å²) in [6, 6.07) is 8.47. The van der Waals surface area contributed by atoms with E-state index in [9.17, 15) is 31.6 Å². The van der Waals surface area contributed by atoms with Crippen molar-refractivity contribution in [3.63, 3.8) is 0 Å². The number of rotatable bonds is 11. The lowest BCUT2D eigenvalue weighted by Crippen LogP contribution is -2.57. The van der Waals surface area contributed by atoms with Gasteiger partial charge in [-0.05, 0) is 42.3 Å². The Morgan fingerprint density at radius 2 is 1.82 bits per heavy atom. The zero-order chi connectivity index (χ0) is 29.4. The van der Waals surface area contributed by atoms with Crippen LogP contribution >= 0.6 is 0 Å². The third-order valence-corrected chi connectivity index (χ3v) is 6.86. The zero-order valence-electron chi connectivity index (χ0n) is 22.2. The second-order valence-corrected chi connectivity index (χ2v) is 11.4. The fourth-order valence-corrected chi connectivity index (χ4v) is 5.06.